The van der Waals surface area contributed by atoms with Crippen LogP contribution in [0.15, 0.2) is 83.4 Å². The minimum atomic E-state index is -3.79. The molecule has 1 saturated heterocycles. The summed E-state index contributed by atoms with van der Waals surface area (Å²) in [6.07, 6.45) is 6.26. The monoisotopic (exact) mass is 460 g/mol. The summed E-state index contributed by atoms with van der Waals surface area (Å²) in [4.78, 5) is 26.2. The number of amides is 1. The van der Waals surface area contributed by atoms with Crippen molar-refractivity contribution in [3.05, 3.63) is 83.4 Å². The van der Waals surface area contributed by atoms with Gasteiger partial charge in [0.15, 0.2) is 0 Å². The average molecular weight is 461 g/mol. The average Bonchev–Trinajstić information content (AvgIpc) is 3.25. The molecule has 7 heteroatoms. The van der Waals surface area contributed by atoms with Crippen LogP contribution >= 0.6 is 0 Å². The highest BCUT2D eigenvalue weighted by Gasteiger charge is 2.28. The first-order valence-electron chi connectivity index (χ1n) is 11.1. The van der Waals surface area contributed by atoms with Crippen LogP contribution in [0.4, 0.5) is 0 Å². The molecule has 1 aliphatic carbocycles. The van der Waals surface area contributed by atoms with Gasteiger partial charge in [-0.15, -0.1) is 0 Å². The van der Waals surface area contributed by atoms with Gasteiger partial charge in [-0.05, 0) is 30.5 Å². The summed E-state index contributed by atoms with van der Waals surface area (Å²) in [5, 5.41) is 0.870. The van der Waals surface area contributed by atoms with Crippen molar-refractivity contribution in [2.45, 2.75) is 25.7 Å². The molecule has 2 heterocycles. The number of Topliss-reactive ketones (excluding diaryl/α,β-unsaturated/α-hetero) is 1. The van der Waals surface area contributed by atoms with Gasteiger partial charge in [-0.2, -0.15) is 0 Å². The second kappa shape index (κ2) is 8.48. The number of carbonyl (C=O) groups excluding carboxylic acids is 2. The van der Waals surface area contributed by atoms with E-state index in [2.05, 4.69) is 0 Å². The molecule has 1 aromatic heterocycles. The smallest absolute Gasteiger partial charge is 0.264 e. The normalized spacial score (nSPS) is 17.1. The van der Waals surface area contributed by atoms with Gasteiger partial charge in [-0.25, -0.2) is 12.4 Å². The largest absolute Gasteiger partial charge is 0.338 e. The Hall–Kier alpha value is -3.45. The predicted molar refractivity (Wildman–Crippen MR) is 128 cm³/mol. The van der Waals surface area contributed by atoms with Gasteiger partial charge >= 0.3 is 0 Å². The molecular formula is C26H24N2O4S. The molecule has 5 rings (SSSR count). The summed E-state index contributed by atoms with van der Waals surface area (Å²) in [5.74, 6) is 0.0757. The lowest BCUT2D eigenvalue weighted by Crippen LogP contribution is -2.39. The van der Waals surface area contributed by atoms with Crippen LogP contribution in [-0.2, 0) is 19.6 Å². The first-order valence-corrected chi connectivity index (χ1v) is 12.5. The summed E-state index contributed by atoms with van der Waals surface area (Å²) in [6, 6.07) is 17.2. The molecule has 2 aliphatic rings. The number of likely N-dealkylation sites (tertiary alicyclic amines) is 1. The van der Waals surface area contributed by atoms with Crippen molar-refractivity contribution in [2.75, 3.05) is 13.1 Å². The fourth-order valence-electron chi connectivity index (χ4n) is 4.50. The highest BCUT2D eigenvalue weighted by molar-refractivity contribution is 7.94. The molecule has 0 unspecified atom stereocenters. The third-order valence-corrected chi connectivity index (χ3v) is 8.17. The van der Waals surface area contributed by atoms with E-state index < -0.39 is 10.0 Å². The zero-order valence-electron chi connectivity index (χ0n) is 18.1. The van der Waals surface area contributed by atoms with Gasteiger partial charge in [0.1, 0.15) is 5.78 Å². The van der Waals surface area contributed by atoms with Crippen molar-refractivity contribution in [1.29, 1.82) is 0 Å². The van der Waals surface area contributed by atoms with Gasteiger partial charge in [0.05, 0.1) is 10.4 Å². The lowest BCUT2D eigenvalue weighted by Gasteiger charge is -2.27. The highest BCUT2D eigenvalue weighted by atomic mass is 32.2. The Bertz CT molecular complexity index is 1410. The molecule has 0 spiro atoms. The van der Waals surface area contributed by atoms with Crippen molar-refractivity contribution >= 4 is 32.6 Å². The quantitative estimate of drug-likeness (QED) is 0.582. The summed E-state index contributed by atoms with van der Waals surface area (Å²) in [6.45, 7) is 0.864. The molecule has 3 aromatic rings. The van der Waals surface area contributed by atoms with Gasteiger partial charge in [0.25, 0.3) is 10.0 Å². The number of carbonyl (C=O) groups is 2. The Kier molecular flexibility index (Phi) is 5.50. The third-order valence-electron chi connectivity index (χ3n) is 6.35. The van der Waals surface area contributed by atoms with E-state index in [0.717, 1.165) is 16.5 Å². The van der Waals surface area contributed by atoms with E-state index in [-0.39, 0.29) is 23.0 Å². The zero-order valence-corrected chi connectivity index (χ0v) is 18.9. The fraction of sp³-hybridized carbons (Fsp3) is 0.231. The lowest BCUT2D eigenvalue weighted by atomic mass is 10.0. The fourth-order valence-corrected chi connectivity index (χ4v) is 6.01. The molecule has 0 N–H and O–H groups in total. The van der Waals surface area contributed by atoms with E-state index >= 15 is 0 Å². The van der Waals surface area contributed by atoms with Crippen molar-refractivity contribution < 1.29 is 18.0 Å². The minimum Gasteiger partial charge on any atom is -0.338 e. The molecule has 33 heavy (non-hydrogen) atoms. The standard InChI is InChI=1S/C26H24N2O4S/c29-21-14-16-27(17-15-21)26(30)20-10-12-22(13-11-20)33(31,32)28-18-24(19-6-2-1-3-7-19)23-8-4-5-9-25(23)28/h1-10,12,18H,11,13-17H2. The van der Waals surface area contributed by atoms with E-state index in [1.807, 2.05) is 54.6 Å². The molecule has 168 valence electrons. The van der Waals surface area contributed by atoms with Crippen LogP contribution in [0.2, 0.25) is 0 Å². The van der Waals surface area contributed by atoms with E-state index in [9.17, 15) is 18.0 Å². The van der Waals surface area contributed by atoms with Crippen LogP contribution in [-0.4, -0.2) is 42.1 Å². The first-order chi connectivity index (χ1) is 15.9. The van der Waals surface area contributed by atoms with E-state index in [0.29, 0.717) is 43.4 Å². The van der Waals surface area contributed by atoms with Gasteiger partial charge in [-0.1, -0.05) is 54.6 Å². The van der Waals surface area contributed by atoms with Gasteiger partial charge in [0, 0.05) is 48.7 Å². The Morgan fingerprint density at radius 3 is 2.21 bits per heavy atom. The summed E-state index contributed by atoms with van der Waals surface area (Å²) >= 11 is 0. The summed E-state index contributed by atoms with van der Waals surface area (Å²) in [5.41, 5.74) is 3.03. The topological polar surface area (TPSA) is 76.5 Å². The van der Waals surface area contributed by atoms with E-state index in [4.69, 9.17) is 0 Å². The number of hydrogen-bond acceptors (Lipinski definition) is 4. The lowest BCUT2D eigenvalue weighted by molar-refractivity contribution is -0.131. The molecule has 1 fully saturated rings. The van der Waals surface area contributed by atoms with Crippen LogP contribution < -0.4 is 0 Å². The van der Waals surface area contributed by atoms with Crippen LogP contribution in [0, 0.1) is 0 Å². The Morgan fingerprint density at radius 1 is 0.818 bits per heavy atom. The molecular weight excluding hydrogens is 436 g/mol. The molecule has 1 amide bonds. The summed E-state index contributed by atoms with van der Waals surface area (Å²) in [7, 11) is -3.79. The van der Waals surface area contributed by atoms with Crippen LogP contribution in [0.3, 0.4) is 0 Å². The molecule has 0 bridgehead atoms. The number of hydrogen-bond donors (Lipinski definition) is 0. The predicted octanol–water partition coefficient (Wildman–Crippen LogP) is 4.28. The number of fused-ring (bicyclic) bond motifs is 1. The second-order valence-electron chi connectivity index (χ2n) is 8.38. The van der Waals surface area contributed by atoms with Crippen molar-refractivity contribution in [3.63, 3.8) is 0 Å². The zero-order chi connectivity index (χ0) is 23.0. The van der Waals surface area contributed by atoms with E-state index in [1.165, 1.54) is 3.97 Å². The summed E-state index contributed by atoms with van der Waals surface area (Å²) < 4.78 is 28.5. The molecule has 0 atom stereocenters. The molecule has 1 aliphatic heterocycles. The van der Waals surface area contributed by atoms with E-state index in [1.54, 1.807) is 23.2 Å². The number of ketones is 1. The third kappa shape index (κ3) is 3.93. The number of allylic oxidation sites excluding steroid dienone is 3. The maximum Gasteiger partial charge on any atom is 0.264 e. The van der Waals surface area contributed by atoms with Crippen molar-refractivity contribution in [2.24, 2.45) is 0 Å². The number of aromatic nitrogens is 1. The first kappa shape index (κ1) is 21.4. The number of nitrogens with zero attached hydrogens (tertiary/aromatic N) is 2. The molecule has 2 aromatic carbocycles. The SMILES string of the molecule is O=C1CCN(C(=O)C2=CC=C(S(=O)(=O)n3cc(-c4ccccc4)c4ccccc43)CC2)CC1. The maximum atomic E-state index is 13.6. The molecule has 6 nitrogen and oxygen atoms in total. The second-order valence-corrected chi connectivity index (χ2v) is 10.3. The van der Waals surface area contributed by atoms with Crippen molar-refractivity contribution in [3.8, 4) is 11.1 Å². The Balaban J connectivity index is 1.48. The number of para-hydroxylation sites is 1. The Morgan fingerprint density at radius 2 is 1.52 bits per heavy atom. The maximum absolute atomic E-state index is 13.6. The number of benzene rings is 2. The van der Waals surface area contributed by atoms with Gasteiger partial charge in [0.2, 0.25) is 5.91 Å². The number of rotatable bonds is 4. The van der Waals surface area contributed by atoms with Gasteiger partial charge in [-0.3, -0.25) is 9.59 Å². The van der Waals surface area contributed by atoms with Crippen LogP contribution in [0.25, 0.3) is 22.0 Å². The van der Waals surface area contributed by atoms with Crippen LogP contribution in [0.1, 0.15) is 25.7 Å². The highest BCUT2D eigenvalue weighted by Crippen LogP contribution is 2.34. The number of piperidine rings is 1. The minimum absolute atomic E-state index is 0.104. The van der Waals surface area contributed by atoms with Crippen molar-refractivity contribution in [1.82, 2.24) is 8.87 Å². The van der Waals surface area contributed by atoms with Gasteiger partial charge < -0.3 is 4.90 Å². The Labute approximate surface area is 192 Å². The van der Waals surface area contributed by atoms with Crippen LogP contribution in [0.5, 0.6) is 0 Å². The molecule has 0 radical (unpaired) electrons. The molecule has 0 saturated carbocycles.